The van der Waals surface area contributed by atoms with E-state index in [-0.39, 0.29) is 11.7 Å². The lowest BCUT2D eigenvalue weighted by atomic mass is 10.2. The van der Waals surface area contributed by atoms with Crippen LogP contribution in [-0.4, -0.2) is 38.2 Å². The smallest absolute Gasteiger partial charge is 0.356 e. The molecule has 0 spiro atoms. The highest BCUT2D eigenvalue weighted by Gasteiger charge is 2.28. The van der Waals surface area contributed by atoms with Gasteiger partial charge in [0.15, 0.2) is 0 Å². The largest absolute Gasteiger partial charge is 0.462 e. The van der Waals surface area contributed by atoms with Crippen LogP contribution in [0.25, 0.3) is 0 Å². The lowest BCUT2D eigenvalue weighted by Crippen LogP contribution is -2.43. The average molecular weight is 309 g/mol. The minimum atomic E-state index is -1.85. The first-order chi connectivity index (χ1) is 9.72. The van der Waals surface area contributed by atoms with E-state index in [0.29, 0.717) is 24.5 Å². The van der Waals surface area contributed by atoms with Gasteiger partial charge < -0.3 is 9.47 Å². The third-order valence-electron chi connectivity index (χ3n) is 2.97. The van der Waals surface area contributed by atoms with Gasteiger partial charge in [0.05, 0.1) is 32.5 Å². The van der Waals surface area contributed by atoms with E-state index < -0.39 is 14.0 Å². The van der Waals surface area contributed by atoms with Gasteiger partial charge in [-0.25, -0.2) is 14.6 Å². The van der Waals surface area contributed by atoms with Gasteiger partial charge in [-0.3, -0.25) is 0 Å². The summed E-state index contributed by atoms with van der Waals surface area (Å²) in [6.07, 6.45) is 0. The Morgan fingerprint density at radius 3 is 2.10 bits per heavy atom. The van der Waals surface area contributed by atoms with Crippen LogP contribution < -0.4 is 5.19 Å². The molecule has 5 nitrogen and oxygen atoms in total. The maximum absolute atomic E-state index is 12.2. The first kappa shape index (κ1) is 17.4. The summed E-state index contributed by atoms with van der Waals surface area (Å²) in [5.41, 5.74) is 1.25. The number of ether oxygens (including phenoxy) is 2. The quantitative estimate of drug-likeness (QED) is 0.617. The van der Waals surface area contributed by atoms with Gasteiger partial charge in [-0.2, -0.15) is 0 Å². The fourth-order valence-corrected chi connectivity index (χ4v) is 3.64. The van der Waals surface area contributed by atoms with E-state index in [9.17, 15) is 9.59 Å². The fraction of sp³-hybridized carbons (Fsp3) is 0.533. The van der Waals surface area contributed by atoms with Crippen molar-refractivity contribution in [3.05, 3.63) is 23.0 Å². The van der Waals surface area contributed by atoms with Crippen LogP contribution in [0.15, 0.2) is 6.07 Å². The topological polar surface area (TPSA) is 65.5 Å². The number of nitrogens with zero attached hydrogens (tertiary/aromatic N) is 1. The normalized spacial score (nSPS) is 11.1. The summed E-state index contributed by atoms with van der Waals surface area (Å²) in [6, 6.07) is 1.68. The second kappa shape index (κ2) is 6.84. The molecule has 0 amide bonds. The molecule has 21 heavy (non-hydrogen) atoms. The highest BCUT2D eigenvalue weighted by Crippen LogP contribution is 2.14. The SMILES string of the molecule is CCOC(=O)c1cc([Si](C)(C)C)c(C(=O)OCC)c(C)n1. The summed E-state index contributed by atoms with van der Waals surface area (Å²) >= 11 is 0. The number of rotatable bonds is 5. The highest BCUT2D eigenvalue weighted by molar-refractivity contribution is 6.89. The average Bonchev–Trinajstić information content (AvgIpc) is 2.37. The van der Waals surface area contributed by atoms with Crippen LogP contribution in [0.4, 0.5) is 0 Å². The van der Waals surface area contributed by atoms with Crippen molar-refractivity contribution in [3.8, 4) is 0 Å². The van der Waals surface area contributed by atoms with E-state index in [4.69, 9.17) is 9.47 Å². The second-order valence-corrected chi connectivity index (χ2v) is 10.7. The number of carbonyl (C=O) groups excluding carboxylic acids is 2. The van der Waals surface area contributed by atoms with Crippen molar-refractivity contribution in [2.75, 3.05) is 13.2 Å². The van der Waals surface area contributed by atoms with Crippen molar-refractivity contribution in [2.24, 2.45) is 0 Å². The zero-order valence-corrected chi connectivity index (χ0v) is 14.6. The Balaban J connectivity index is 3.45. The Kier molecular flexibility index (Phi) is 5.66. The van der Waals surface area contributed by atoms with Crippen molar-refractivity contribution in [3.63, 3.8) is 0 Å². The summed E-state index contributed by atoms with van der Waals surface area (Å²) in [5, 5.41) is 0.872. The van der Waals surface area contributed by atoms with E-state index in [1.54, 1.807) is 26.8 Å². The van der Waals surface area contributed by atoms with Gasteiger partial charge in [0.1, 0.15) is 5.69 Å². The molecule has 116 valence electrons. The standard InChI is InChI=1S/C15H23NO4Si/c1-7-19-14(17)11-9-12(21(4,5)6)13(10(3)16-11)15(18)20-8-2/h9H,7-8H2,1-6H3. The molecule has 6 heteroatoms. The first-order valence-corrected chi connectivity index (χ1v) is 10.6. The van der Waals surface area contributed by atoms with Crippen molar-refractivity contribution >= 4 is 25.2 Å². The van der Waals surface area contributed by atoms with Gasteiger partial charge in [-0.1, -0.05) is 19.6 Å². The summed E-state index contributed by atoms with van der Waals surface area (Å²) in [5.74, 6) is -0.842. The summed E-state index contributed by atoms with van der Waals surface area (Å²) in [6.45, 7) is 12.2. The van der Waals surface area contributed by atoms with Gasteiger partial charge in [0, 0.05) is 0 Å². The molecule has 1 heterocycles. The molecule has 0 aliphatic heterocycles. The Morgan fingerprint density at radius 2 is 1.62 bits per heavy atom. The molecule has 1 rings (SSSR count). The molecule has 1 aromatic rings. The van der Waals surface area contributed by atoms with Crippen molar-refractivity contribution in [1.82, 2.24) is 4.98 Å². The minimum Gasteiger partial charge on any atom is -0.462 e. The summed E-state index contributed by atoms with van der Waals surface area (Å²) in [4.78, 5) is 28.3. The number of pyridine rings is 1. The van der Waals surface area contributed by atoms with Crippen LogP contribution in [0.3, 0.4) is 0 Å². The number of hydrogen-bond acceptors (Lipinski definition) is 5. The fourth-order valence-electron chi connectivity index (χ4n) is 2.03. The van der Waals surface area contributed by atoms with Gasteiger partial charge in [-0.15, -0.1) is 0 Å². The maximum atomic E-state index is 12.2. The lowest BCUT2D eigenvalue weighted by molar-refractivity contribution is 0.0505. The molecule has 0 unspecified atom stereocenters. The molecule has 0 aliphatic carbocycles. The molecule has 0 fully saturated rings. The third-order valence-corrected chi connectivity index (χ3v) is 4.98. The highest BCUT2D eigenvalue weighted by atomic mass is 28.3. The monoisotopic (exact) mass is 309 g/mol. The first-order valence-electron chi connectivity index (χ1n) is 7.08. The van der Waals surface area contributed by atoms with E-state index in [1.807, 2.05) is 0 Å². The van der Waals surface area contributed by atoms with Gasteiger partial charge in [-0.05, 0) is 32.0 Å². The van der Waals surface area contributed by atoms with Gasteiger partial charge >= 0.3 is 11.9 Å². The number of carbonyl (C=O) groups is 2. The van der Waals surface area contributed by atoms with Crippen LogP contribution in [0.2, 0.25) is 19.6 Å². The number of hydrogen-bond donors (Lipinski definition) is 0. The molecular formula is C15H23NO4Si. The van der Waals surface area contributed by atoms with E-state index in [2.05, 4.69) is 24.6 Å². The molecule has 0 saturated heterocycles. The summed E-state index contributed by atoms with van der Waals surface area (Å²) in [7, 11) is -1.85. The van der Waals surface area contributed by atoms with Crippen LogP contribution in [0, 0.1) is 6.92 Å². The Bertz CT molecular complexity index is 549. The zero-order chi connectivity index (χ0) is 16.2. The predicted octanol–water partition coefficient (Wildman–Crippen LogP) is 2.29. The molecular weight excluding hydrogens is 286 g/mol. The van der Waals surface area contributed by atoms with Gasteiger partial charge in [0.2, 0.25) is 0 Å². The lowest BCUT2D eigenvalue weighted by Gasteiger charge is -2.22. The van der Waals surface area contributed by atoms with Crippen molar-refractivity contribution < 1.29 is 19.1 Å². The van der Waals surface area contributed by atoms with Crippen LogP contribution in [0.5, 0.6) is 0 Å². The Labute approximate surface area is 126 Å². The molecule has 0 bridgehead atoms. The predicted molar refractivity (Wildman–Crippen MR) is 83.9 cm³/mol. The van der Waals surface area contributed by atoms with E-state index in [1.165, 1.54) is 0 Å². The van der Waals surface area contributed by atoms with Crippen molar-refractivity contribution in [2.45, 2.75) is 40.4 Å². The molecule has 0 N–H and O–H groups in total. The Hall–Kier alpha value is -1.69. The summed E-state index contributed by atoms with van der Waals surface area (Å²) < 4.78 is 10.1. The molecule has 0 aromatic carbocycles. The van der Waals surface area contributed by atoms with E-state index >= 15 is 0 Å². The van der Waals surface area contributed by atoms with Crippen LogP contribution in [0.1, 0.15) is 40.4 Å². The number of aromatic nitrogens is 1. The molecule has 1 aromatic heterocycles. The molecule has 0 radical (unpaired) electrons. The van der Waals surface area contributed by atoms with Gasteiger partial charge in [0.25, 0.3) is 0 Å². The third kappa shape index (κ3) is 4.14. The molecule has 0 atom stereocenters. The van der Waals surface area contributed by atoms with Crippen LogP contribution in [-0.2, 0) is 9.47 Å². The molecule has 0 aliphatic rings. The molecule has 0 saturated carbocycles. The maximum Gasteiger partial charge on any atom is 0.356 e. The van der Waals surface area contributed by atoms with Crippen molar-refractivity contribution in [1.29, 1.82) is 0 Å². The second-order valence-electron chi connectivity index (χ2n) is 5.71. The number of esters is 2. The van der Waals surface area contributed by atoms with E-state index in [0.717, 1.165) is 5.19 Å². The van der Waals surface area contributed by atoms with Crippen LogP contribution >= 0.6 is 0 Å². The zero-order valence-electron chi connectivity index (χ0n) is 13.6. The Morgan fingerprint density at radius 1 is 1.10 bits per heavy atom. The number of aryl methyl sites for hydroxylation is 1. The minimum absolute atomic E-state index is 0.250.